The van der Waals surface area contributed by atoms with E-state index in [0.29, 0.717) is 5.56 Å². The predicted octanol–water partition coefficient (Wildman–Crippen LogP) is 0.956. The van der Waals surface area contributed by atoms with Gasteiger partial charge in [-0.15, -0.1) is 0 Å². The number of benzene rings is 1. The molecule has 15 heavy (non-hydrogen) atoms. The van der Waals surface area contributed by atoms with Gasteiger partial charge in [-0.05, 0) is 11.6 Å². The third-order valence-corrected chi connectivity index (χ3v) is 1.75. The summed E-state index contributed by atoms with van der Waals surface area (Å²) in [6.07, 6.45) is 0. The summed E-state index contributed by atoms with van der Waals surface area (Å²) in [6.45, 7) is 0.0375. The van der Waals surface area contributed by atoms with Crippen molar-refractivity contribution < 1.29 is 9.66 Å². The van der Waals surface area contributed by atoms with Gasteiger partial charge in [0.05, 0.1) is 4.92 Å². The summed E-state index contributed by atoms with van der Waals surface area (Å²) in [5.41, 5.74) is 5.93. The Bertz CT molecular complexity index is 412. The van der Waals surface area contributed by atoms with Gasteiger partial charge in [0.15, 0.2) is 12.4 Å². The Labute approximate surface area is 86.0 Å². The summed E-state index contributed by atoms with van der Waals surface area (Å²) in [7, 11) is 0. The minimum Gasteiger partial charge on any atom is -0.472 e. The zero-order valence-electron chi connectivity index (χ0n) is 7.84. The highest BCUT2D eigenvalue weighted by molar-refractivity contribution is 5.48. The number of hydrogen-bond donors (Lipinski definition) is 1. The quantitative estimate of drug-likeness (QED) is 0.585. The van der Waals surface area contributed by atoms with E-state index in [-0.39, 0.29) is 24.6 Å². The maximum Gasteiger partial charge on any atom is 0.310 e. The van der Waals surface area contributed by atoms with Gasteiger partial charge in [-0.2, -0.15) is 5.26 Å². The maximum absolute atomic E-state index is 10.6. The van der Waals surface area contributed by atoms with Crippen molar-refractivity contribution in [1.82, 2.24) is 0 Å². The summed E-state index contributed by atoms with van der Waals surface area (Å²) in [4.78, 5) is 10.0. The fourth-order valence-corrected chi connectivity index (χ4v) is 1.06. The standard InChI is InChI=1S/C9H9N3O3/c10-3-4-15-9-5-7(6-11)1-2-8(9)12(13)14/h1-2,5H,4,6,11H2. The van der Waals surface area contributed by atoms with Crippen molar-refractivity contribution in [3.8, 4) is 11.8 Å². The minimum atomic E-state index is -0.562. The molecule has 6 nitrogen and oxygen atoms in total. The molecule has 0 spiro atoms. The van der Waals surface area contributed by atoms with E-state index in [1.54, 1.807) is 12.1 Å². The second-order valence-electron chi connectivity index (χ2n) is 2.71. The summed E-state index contributed by atoms with van der Waals surface area (Å²) < 4.78 is 4.93. The Balaban J connectivity index is 3.06. The van der Waals surface area contributed by atoms with E-state index in [1.807, 2.05) is 0 Å². The van der Waals surface area contributed by atoms with Gasteiger partial charge in [-0.25, -0.2) is 0 Å². The van der Waals surface area contributed by atoms with Gasteiger partial charge in [0.1, 0.15) is 6.07 Å². The number of nitro groups is 1. The molecule has 6 heteroatoms. The molecule has 0 bridgehead atoms. The van der Waals surface area contributed by atoms with Crippen LogP contribution < -0.4 is 10.5 Å². The molecule has 0 fully saturated rings. The number of ether oxygens (including phenoxy) is 1. The molecule has 0 saturated carbocycles. The number of nitriles is 1. The highest BCUT2D eigenvalue weighted by Crippen LogP contribution is 2.27. The van der Waals surface area contributed by atoms with Crippen LogP contribution in [0, 0.1) is 21.4 Å². The molecular formula is C9H9N3O3. The van der Waals surface area contributed by atoms with Crippen molar-refractivity contribution in [3.05, 3.63) is 33.9 Å². The van der Waals surface area contributed by atoms with E-state index in [0.717, 1.165) is 0 Å². The van der Waals surface area contributed by atoms with Gasteiger partial charge in [0.2, 0.25) is 0 Å². The molecule has 0 heterocycles. The fourth-order valence-electron chi connectivity index (χ4n) is 1.06. The summed E-state index contributed by atoms with van der Waals surface area (Å²) in [6, 6.07) is 6.08. The van der Waals surface area contributed by atoms with Crippen molar-refractivity contribution in [2.24, 2.45) is 5.73 Å². The number of nitrogens with zero attached hydrogens (tertiary/aromatic N) is 2. The molecular weight excluding hydrogens is 198 g/mol. The smallest absolute Gasteiger partial charge is 0.310 e. The molecule has 2 N–H and O–H groups in total. The molecule has 0 radical (unpaired) electrons. The fraction of sp³-hybridized carbons (Fsp3) is 0.222. The lowest BCUT2D eigenvalue weighted by Gasteiger charge is -2.04. The van der Waals surface area contributed by atoms with E-state index in [2.05, 4.69) is 0 Å². The molecule has 0 aliphatic carbocycles. The van der Waals surface area contributed by atoms with Crippen LogP contribution in [0.3, 0.4) is 0 Å². The summed E-state index contributed by atoms with van der Waals surface area (Å²) in [5, 5.41) is 18.9. The number of hydrogen-bond acceptors (Lipinski definition) is 5. The second kappa shape index (κ2) is 4.93. The van der Waals surface area contributed by atoms with E-state index >= 15 is 0 Å². The van der Waals surface area contributed by atoms with Gasteiger partial charge in [0.25, 0.3) is 0 Å². The Kier molecular flexibility index (Phi) is 3.60. The number of rotatable bonds is 4. The van der Waals surface area contributed by atoms with Crippen LogP contribution in [-0.4, -0.2) is 11.5 Å². The zero-order chi connectivity index (χ0) is 11.3. The Hall–Kier alpha value is -2.13. The normalized spacial score (nSPS) is 9.33. The molecule has 0 aromatic heterocycles. The van der Waals surface area contributed by atoms with Gasteiger partial charge >= 0.3 is 5.69 Å². The number of nitro benzene ring substituents is 1. The molecule has 0 atom stereocenters. The molecule has 0 amide bonds. The molecule has 78 valence electrons. The first-order valence-corrected chi connectivity index (χ1v) is 4.16. The Morgan fingerprint density at radius 3 is 2.87 bits per heavy atom. The van der Waals surface area contributed by atoms with Crippen LogP contribution in [0.4, 0.5) is 5.69 Å². The first kappa shape index (κ1) is 10.9. The van der Waals surface area contributed by atoms with E-state index in [9.17, 15) is 10.1 Å². The Morgan fingerprint density at radius 2 is 2.33 bits per heavy atom. The summed E-state index contributed by atoms with van der Waals surface area (Å²) >= 11 is 0. The van der Waals surface area contributed by atoms with E-state index in [1.165, 1.54) is 12.1 Å². The van der Waals surface area contributed by atoms with Crippen LogP contribution in [0.2, 0.25) is 0 Å². The second-order valence-corrected chi connectivity index (χ2v) is 2.71. The molecule has 1 aromatic rings. The van der Waals surface area contributed by atoms with Crippen LogP contribution in [-0.2, 0) is 6.54 Å². The first-order valence-electron chi connectivity index (χ1n) is 4.16. The lowest BCUT2D eigenvalue weighted by atomic mass is 10.2. The average molecular weight is 207 g/mol. The van der Waals surface area contributed by atoms with E-state index < -0.39 is 4.92 Å². The molecule has 0 saturated heterocycles. The van der Waals surface area contributed by atoms with Crippen molar-refractivity contribution in [2.45, 2.75) is 6.54 Å². The lowest BCUT2D eigenvalue weighted by molar-refractivity contribution is -0.385. The monoisotopic (exact) mass is 207 g/mol. The minimum absolute atomic E-state index is 0.0736. The summed E-state index contributed by atoms with van der Waals surface area (Å²) in [5.74, 6) is 0.0736. The Morgan fingerprint density at radius 1 is 1.60 bits per heavy atom. The third kappa shape index (κ3) is 2.65. The van der Waals surface area contributed by atoms with Crippen LogP contribution in [0.25, 0.3) is 0 Å². The highest BCUT2D eigenvalue weighted by Gasteiger charge is 2.14. The molecule has 0 aliphatic rings. The van der Waals surface area contributed by atoms with E-state index in [4.69, 9.17) is 15.7 Å². The topological polar surface area (TPSA) is 102 Å². The van der Waals surface area contributed by atoms with Crippen molar-refractivity contribution >= 4 is 5.69 Å². The maximum atomic E-state index is 10.6. The number of nitrogens with two attached hydrogens (primary N) is 1. The van der Waals surface area contributed by atoms with Crippen molar-refractivity contribution in [2.75, 3.05) is 6.61 Å². The molecule has 0 aliphatic heterocycles. The predicted molar refractivity (Wildman–Crippen MR) is 52.1 cm³/mol. The lowest BCUT2D eigenvalue weighted by Crippen LogP contribution is -2.01. The van der Waals surface area contributed by atoms with Crippen molar-refractivity contribution in [3.63, 3.8) is 0 Å². The van der Waals surface area contributed by atoms with Crippen LogP contribution in [0.15, 0.2) is 18.2 Å². The van der Waals surface area contributed by atoms with Crippen LogP contribution in [0.5, 0.6) is 5.75 Å². The highest BCUT2D eigenvalue weighted by atomic mass is 16.6. The largest absolute Gasteiger partial charge is 0.472 e. The average Bonchev–Trinajstić information content (AvgIpc) is 2.25. The molecule has 0 unspecified atom stereocenters. The zero-order valence-corrected chi connectivity index (χ0v) is 7.84. The van der Waals surface area contributed by atoms with Gasteiger partial charge < -0.3 is 10.5 Å². The first-order chi connectivity index (χ1) is 7.19. The molecule has 1 aromatic carbocycles. The van der Waals surface area contributed by atoms with Gasteiger partial charge in [-0.1, -0.05) is 6.07 Å². The van der Waals surface area contributed by atoms with Crippen LogP contribution in [0.1, 0.15) is 5.56 Å². The van der Waals surface area contributed by atoms with Gasteiger partial charge in [-0.3, -0.25) is 10.1 Å². The molecule has 1 rings (SSSR count). The van der Waals surface area contributed by atoms with Crippen LogP contribution >= 0.6 is 0 Å². The van der Waals surface area contributed by atoms with Crippen molar-refractivity contribution in [1.29, 1.82) is 5.26 Å². The van der Waals surface area contributed by atoms with Gasteiger partial charge in [0, 0.05) is 12.6 Å². The SMILES string of the molecule is N#CCOc1cc(CN)ccc1[N+](=O)[O-]. The third-order valence-electron chi connectivity index (χ3n) is 1.75.